The van der Waals surface area contributed by atoms with E-state index < -0.39 is 52.0 Å². The minimum Gasteiger partial charge on any atom is -0.321 e. The number of benzene rings is 1. The van der Waals surface area contributed by atoms with E-state index in [-0.39, 0.29) is 17.9 Å². The van der Waals surface area contributed by atoms with E-state index in [9.17, 15) is 36.9 Å². The lowest BCUT2D eigenvalue weighted by atomic mass is 10.2. The summed E-state index contributed by atoms with van der Waals surface area (Å²) < 4.78 is 66.9. The van der Waals surface area contributed by atoms with Gasteiger partial charge in [-0.25, -0.2) is 22.0 Å². The Balaban J connectivity index is 2.11. The Morgan fingerprint density at radius 1 is 1.16 bits per heavy atom. The molecule has 7 nitrogen and oxygen atoms in total. The Bertz CT molecular complexity index is 839. The first-order valence-electron chi connectivity index (χ1n) is 6.63. The van der Waals surface area contributed by atoms with Gasteiger partial charge < -0.3 is 5.32 Å². The van der Waals surface area contributed by atoms with E-state index in [1.165, 1.54) is 6.92 Å². The molecule has 0 radical (unpaired) electrons. The van der Waals surface area contributed by atoms with Crippen LogP contribution in [-0.2, 0) is 11.3 Å². The lowest BCUT2D eigenvalue weighted by Crippen LogP contribution is -2.18. The third-order valence-corrected chi connectivity index (χ3v) is 3.16. The van der Waals surface area contributed by atoms with Crippen molar-refractivity contribution < 1.29 is 31.7 Å². The normalized spacial score (nSPS) is 10.8. The Labute approximate surface area is 136 Å². The van der Waals surface area contributed by atoms with E-state index in [1.807, 2.05) is 0 Å². The molecule has 0 atom stereocenters. The van der Waals surface area contributed by atoms with Crippen molar-refractivity contribution in [3.63, 3.8) is 0 Å². The summed E-state index contributed by atoms with van der Waals surface area (Å²) >= 11 is 0. The highest BCUT2D eigenvalue weighted by Crippen LogP contribution is 2.27. The van der Waals surface area contributed by atoms with E-state index in [0.717, 1.165) is 10.9 Å². The maximum absolute atomic E-state index is 13.4. The van der Waals surface area contributed by atoms with Gasteiger partial charge in [-0.05, 0) is 6.92 Å². The summed E-state index contributed by atoms with van der Waals surface area (Å²) in [4.78, 5) is 21.6. The first-order chi connectivity index (χ1) is 11.6. The number of anilines is 1. The van der Waals surface area contributed by atoms with Gasteiger partial charge >= 0.3 is 5.69 Å². The second-order valence-electron chi connectivity index (χ2n) is 4.86. The second kappa shape index (κ2) is 6.83. The largest absolute Gasteiger partial charge is 0.321 e. The third-order valence-electron chi connectivity index (χ3n) is 3.16. The van der Waals surface area contributed by atoms with Crippen LogP contribution in [0.1, 0.15) is 12.1 Å². The van der Waals surface area contributed by atoms with Crippen molar-refractivity contribution in [3.05, 3.63) is 51.1 Å². The van der Waals surface area contributed by atoms with E-state index in [0.29, 0.717) is 0 Å². The van der Waals surface area contributed by atoms with Gasteiger partial charge in [-0.2, -0.15) is 5.10 Å². The molecule has 1 heterocycles. The van der Waals surface area contributed by atoms with Gasteiger partial charge in [0.2, 0.25) is 11.7 Å². The maximum Gasteiger partial charge on any atom is 0.309 e. The van der Waals surface area contributed by atoms with Crippen LogP contribution in [-0.4, -0.2) is 20.6 Å². The zero-order valence-corrected chi connectivity index (χ0v) is 12.4. The average Bonchev–Trinajstić information content (AvgIpc) is 2.94. The summed E-state index contributed by atoms with van der Waals surface area (Å²) in [6.07, 6.45) is 0.568. The quantitative estimate of drug-likeness (QED) is 0.290. The Hall–Kier alpha value is -3.05. The summed E-state index contributed by atoms with van der Waals surface area (Å²) in [6, 6.07) is 0. The number of nitrogens with zero attached hydrogens (tertiary/aromatic N) is 3. The van der Waals surface area contributed by atoms with Crippen molar-refractivity contribution in [2.45, 2.75) is 19.9 Å². The molecule has 0 bridgehead atoms. The van der Waals surface area contributed by atoms with Crippen molar-refractivity contribution in [2.24, 2.45) is 0 Å². The van der Waals surface area contributed by atoms with Crippen LogP contribution in [0.25, 0.3) is 0 Å². The molecule has 2 rings (SSSR count). The number of carbonyl (C=O) groups is 1. The Morgan fingerprint density at radius 2 is 1.68 bits per heavy atom. The highest BCUT2D eigenvalue weighted by Gasteiger charge is 2.26. The van der Waals surface area contributed by atoms with Gasteiger partial charge in [0.15, 0.2) is 23.3 Å². The second-order valence-corrected chi connectivity index (χ2v) is 4.86. The Kier molecular flexibility index (Phi) is 4.99. The molecule has 1 amide bonds. The zero-order chi connectivity index (χ0) is 18.9. The smallest absolute Gasteiger partial charge is 0.309 e. The predicted molar refractivity (Wildman–Crippen MR) is 73.1 cm³/mol. The van der Waals surface area contributed by atoms with Crippen LogP contribution in [0.4, 0.5) is 33.3 Å². The van der Waals surface area contributed by atoms with Crippen molar-refractivity contribution in [2.75, 3.05) is 5.32 Å². The fourth-order valence-corrected chi connectivity index (χ4v) is 1.93. The fraction of sp³-hybridized carbons (Fsp3) is 0.231. The molecule has 2 aromatic rings. The summed E-state index contributed by atoms with van der Waals surface area (Å²) in [5.74, 6) is -12.1. The number of rotatable bonds is 5. The number of nitrogens with one attached hydrogen (secondary N) is 1. The topological polar surface area (TPSA) is 90.1 Å². The van der Waals surface area contributed by atoms with Crippen LogP contribution in [0, 0.1) is 46.1 Å². The van der Waals surface area contributed by atoms with Crippen LogP contribution < -0.4 is 5.32 Å². The molecule has 0 fully saturated rings. The third kappa shape index (κ3) is 3.56. The van der Waals surface area contributed by atoms with Crippen molar-refractivity contribution in [3.8, 4) is 0 Å². The van der Waals surface area contributed by atoms with Crippen LogP contribution in [0.5, 0.6) is 0 Å². The van der Waals surface area contributed by atoms with Crippen LogP contribution in [0.15, 0.2) is 6.20 Å². The number of aromatic nitrogens is 2. The maximum atomic E-state index is 13.4. The van der Waals surface area contributed by atoms with Gasteiger partial charge in [0, 0.05) is 13.0 Å². The summed E-state index contributed by atoms with van der Waals surface area (Å²) in [5, 5.41) is 16.0. The van der Waals surface area contributed by atoms with Gasteiger partial charge in [0.1, 0.15) is 17.6 Å². The molecule has 0 aliphatic carbocycles. The molecule has 1 aromatic heterocycles. The predicted octanol–water partition coefficient (Wildman–Crippen LogP) is 2.82. The molecule has 0 unspecified atom stereocenters. The number of hydrogen-bond donors (Lipinski definition) is 1. The average molecular weight is 364 g/mol. The molecule has 0 aliphatic heterocycles. The molecule has 0 spiro atoms. The molecular weight excluding hydrogens is 355 g/mol. The highest BCUT2D eigenvalue weighted by molar-refractivity contribution is 5.90. The number of aryl methyl sites for hydroxylation is 2. The van der Waals surface area contributed by atoms with E-state index in [4.69, 9.17) is 0 Å². The number of halogens is 5. The number of carbonyl (C=O) groups excluding carboxylic acids is 1. The van der Waals surface area contributed by atoms with E-state index >= 15 is 0 Å². The lowest BCUT2D eigenvalue weighted by molar-refractivity contribution is -0.385. The molecule has 0 saturated carbocycles. The lowest BCUT2D eigenvalue weighted by Gasteiger charge is -2.09. The van der Waals surface area contributed by atoms with Crippen molar-refractivity contribution >= 4 is 17.3 Å². The number of amides is 1. The van der Waals surface area contributed by atoms with Crippen molar-refractivity contribution in [1.82, 2.24) is 9.78 Å². The Morgan fingerprint density at radius 3 is 2.16 bits per heavy atom. The minimum atomic E-state index is -2.34. The monoisotopic (exact) mass is 364 g/mol. The van der Waals surface area contributed by atoms with E-state index in [2.05, 4.69) is 5.10 Å². The molecular formula is C13H9F5N4O3. The molecule has 12 heteroatoms. The summed E-state index contributed by atoms with van der Waals surface area (Å²) in [6.45, 7) is 1.15. The number of hydrogen-bond acceptors (Lipinski definition) is 4. The molecule has 0 saturated heterocycles. The van der Waals surface area contributed by atoms with Crippen LogP contribution in [0.3, 0.4) is 0 Å². The van der Waals surface area contributed by atoms with Crippen molar-refractivity contribution in [1.29, 1.82) is 0 Å². The SMILES string of the molecule is Cc1nn(CCC(=O)Nc2c(F)c(F)c(F)c(F)c2F)cc1[N+](=O)[O-]. The van der Waals surface area contributed by atoms with Gasteiger partial charge in [-0.1, -0.05) is 0 Å². The fourth-order valence-electron chi connectivity index (χ4n) is 1.93. The molecule has 25 heavy (non-hydrogen) atoms. The molecule has 0 aliphatic rings. The standard InChI is InChI=1S/C13H9F5N4O3/c1-5-6(22(24)25)4-21(20-5)3-2-7(23)19-13-11(17)9(15)8(14)10(16)12(13)18/h4H,2-3H2,1H3,(H,19,23). The van der Waals surface area contributed by atoms with Gasteiger partial charge in [0.25, 0.3) is 0 Å². The summed E-state index contributed by atoms with van der Waals surface area (Å²) in [7, 11) is 0. The van der Waals surface area contributed by atoms with Gasteiger partial charge in [-0.3, -0.25) is 19.6 Å². The van der Waals surface area contributed by atoms with Crippen LogP contribution >= 0.6 is 0 Å². The first kappa shape index (κ1) is 18.3. The molecule has 134 valence electrons. The molecule has 1 aromatic carbocycles. The first-order valence-corrected chi connectivity index (χ1v) is 6.63. The molecule has 1 N–H and O–H groups in total. The van der Waals surface area contributed by atoms with E-state index in [1.54, 1.807) is 5.32 Å². The van der Waals surface area contributed by atoms with Gasteiger partial charge in [-0.15, -0.1) is 0 Å². The summed E-state index contributed by atoms with van der Waals surface area (Å²) in [5.41, 5.74) is -1.67. The van der Waals surface area contributed by atoms with Gasteiger partial charge in [0.05, 0.1) is 4.92 Å². The number of nitro groups is 1. The highest BCUT2D eigenvalue weighted by atomic mass is 19.2. The zero-order valence-electron chi connectivity index (χ0n) is 12.4. The van der Waals surface area contributed by atoms with Crippen LogP contribution in [0.2, 0.25) is 0 Å². The minimum absolute atomic E-state index is 0.0881.